The minimum absolute atomic E-state index is 0.0118. The minimum atomic E-state index is -0.795. The van der Waals surface area contributed by atoms with E-state index in [1.165, 1.54) is 0 Å². The molecule has 3 aliphatic carbocycles. The normalized spacial score (nSPS) is 57.9. The van der Waals surface area contributed by atoms with Crippen molar-refractivity contribution in [3.8, 4) is 0 Å². The van der Waals surface area contributed by atoms with Crippen molar-refractivity contribution in [2.24, 2.45) is 28.6 Å². The fraction of sp³-hybridized carbons (Fsp3) is 0.944. The Hall–Kier alpha value is -0.450. The van der Waals surface area contributed by atoms with Gasteiger partial charge in [-0.15, -0.1) is 0 Å². The van der Waals surface area contributed by atoms with Gasteiger partial charge in [0, 0.05) is 0 Å². The first-order valence-corrected chi connectivity index (χ1v) is 8.88. The lowest BCUT2D eigenvalue weighted by Gasteiger charge is -2.59. The molecule has 0 unspecified atom stereocenters. The van der Waals surface area contributed by atoms with Crippen molar-refractivity contribution in [2.45, 2.75) is 70.7 Å². The molecule has 3 saturated carbocycles. The van der Waals surface area contributed by atoms with Gasteiger partial charge in [-0.1, -0.05) is 13.8 Å². The molecule has 4 rings (SSSR count). The smallest absolute Gasteiger partial charge is 0.169 e. The molecule has 0 spiro atoms. The van der Waals surface area contributed by atoms with Crippen LogP contribution in [0.4, 0.5) is 0 Å². The number of carbonyl (C=O) groups is 1. The summed E-state index contributed by atoms with van der Waals surface area (Å²) in [7, 11) is 0. The van der Waals surface area contributed by atoms with E-state index in [4.69, 9.17) is 4.74 Å². The molecule has 2 N–H and O–H groups in total. The average molecular weight is 308 g/mol. The van der Waals surface area contributed by atoms with Crippen molar-refractivity contribution in [3.05, 3.63) is 0 Å². The van der Waals surface area contributed by atoms with E-state index in [0.29, 0.717) is 24.9 Å². The lowest BCUT2D eigenvalue weighted by molar-refractivity contribution is -0.213. The maximum Gasteiger partial charge on any atom is 0.169 e. The number of carbonyl (C=O) groups excluding carboxylic acids is 1. The second-order valence-electron chi connectivity index (χ2n) is 8.74. The highest BCUT2D eigenvalue weighted by atomic mass is 16.5. The third-order valence-corrected chi connectivity index (χ3v) is 7.63. The first-order chi connectivity index (χ1) is 10.4. The van der Waals surface area contributed by atoms with Crippen LogP contribution < -0.4 is 0 Å². The predicted octanol–water partition coefficient (Wildman–Crippen LogP) is 1.92. The molecule has 124 valence electrons. The predicted molar refractivity (Wildman–Crippen MR) is 81.1 cm³/mol. The molecule has 0 radical (unpaired) electrons. The third-order valence-electron chi connectivity index (χ3n) is 7.63. The maximum absolute atomic E-state index is 12.4. The zero-order chi connectivity index (χ0) is 15.7. The lowest BCUT2D eigenvalue weighted by atomic mass is 9.51. The fourth-order valence-corrected chi connectivity index (χ4v) is 6.24. The number of hydrogen-bond acceptors (Lipinski definition) is 4. The number of ether oxygens (including phenoxy) is 1. The topological polar surface area (TPSA) is 66.8 Å². The molecule has 0 aromatic rings. The highest BCUT2D eigenvalue weighted by Gasteiger charge is 2.63. The van der Waals surface area contributed by atoms with Crippen molar-refractivity contribution in [1.29, 1.82) is 0 Å². The number of Topliss-reactive ketones (excluding diaryl/α,β-unsaturated/α-hetero) is 1. The van der Waals surface area contributed by atoms with Crippen molar-refractivity contribution in [3.63, 3.8) is 0 Å². The molecule has 4 aliphatic rings. The number of rotatable bonds is 0. The third kappa shape index (κ3) is 1.83. The van der Waals surface area contributed by atoms with Crippen molar-refractivity contribution < 1.29 is 19.7 Å². The molecule has 0 bridgehead atoms. The summed E-state index contributed by atoms with van der Waals surface area (Å²) in [5, 5.41) is 20.1. The Labute approximate surface area is 132 Å². The van der Waals surface area contributed by atoms with Gasteiger partial charge in [-0.3, -0.25) is 4.79 Å². The summed E-state index contributed by atoms with van der Waals surface area (Å²) in [6, 6.07) is 0. The van der Waals surface area contributed by atoms with E-state index in [1.54, 1.807) is 0 Å². The summed E-state index contributed by atoms with van der Waals surface area (Å²) in [6.45, 7) is 4.78. The van der Waals surface area contributed by atoms with E-state index in [2.05, 4.69) is 6.92 Å². The van der Waals surface area contributed by atoms with Crippen LogP contribution in [-0.2, 0) is 9.53 Å². The lowest BCUT2D eigenvalue weighted by Crippen LogP contribution is -2.59. The molecule has 0 aromatic carbocycles. The van der Waals surface area contributed by atoms with Gasteiger partial charge in [0.25, 0.3) is 0 Å². The average Bonchev–Trinajstić information content (AvgIpc) is 2.72. The summed E-state index contributed by atoms with van der Waals surface area (Å²) in [4.78, 5) is 12.4. The van der Waals surface area contributed by atoms with Gasteiger partial charge < -0.3 is 14.9 Å². The van der Waals surface area contributed by atoms with Crippen LogP contribution in [0.25, 0.3) is 0 Å². The van der Waals surface area contributed by atoms with E-state index in [0.717, 1.165) is 32.1 Å². The van der Waals surface area contributed by atoms with Gasteiger partial charge in [-0.25, -0.2) is 0 Å². The van der Waals surface area contributed by atoms with Crippen LogP contribution >= 0.6 is 0 Å². The standard InChI is InChI=1S/C18H28O4/c1-17-6-5-11(19)7-10(17)3-4-12-13-8-14(20)15(21)18(13,2)9-22-16(12)17/h10-14,16,19-20H,3-9H2,1-2H3/t10-,11+,12+,13+,14+,16+,17+,18+/m1/s1. The number of ketones is 1. The Morgan fingerprint density at radius 2 is 1.91 bits per heavy atom. The summed E-state index contributed by atoms with van der Waals surface area (Å²) in [5.41, 5.74) is -0.363. The van der Waals surface area contributed by atoms with E-state index >= 15 is 0 Å². The Balaban J connectivity index is 1.64. The number of hydrogen-bond donors (Lipinski definition) is 2. The molecular formula is C18H28O4. The molecule has 1 saturated heterocycles. The molecule has 8 atom stereocenters. The zero-order valence-corrected chi connectivity index (χ0v) is 13.6. The van der Waals surface area contributed by atoms with Crippen LogP contribution in [0.5, 0.6) is 0 Å². The van der Waals surface area contributed by atoms with Gasteiger partial charge >= 0.3 is 0 Å². The quantitative estimate of drug-likeness (QED) is 0.717. The van der Waals surface area contributed by atoms with Crippen LogP contribution in [0.1, 0.15) is 52.4 Å². The molecule has 4 nitrogen and oxygen atoms in total. The monoisotopic (exact) mass is 308 g/mol. The van der Waals surface area contributed by atoms with Gasteiger partial charge in [-0.05, 0) is 61.7 Å². The number of aliphatic hydroxyl groups excluding tert-OH is 2. The second-order valence-corrected chi connectivity index (χ2v) is 8.74. The number of aliphatic hydroxyl groups is 2. The van der Waals surface area contributed by atoms with Crippen LogP contribution in [-0.4, -0.2) is 40.9 Å². The Bertz CT molecular complexity index is 491. The van der Waals surface area contributed by atoms with Crippen LogP contribution in [0, 0.1) is 28.6 Å². The summed E-state index contributed by atoms with van der Waals surface area (Å²) in [5.74, 6) is 1.17. The first kappa shape index (κ1) is 15.1. The molecule has 4 heteroatoms. The molecule has 1 heterocycles. The minimum Gasteiger partial charge on any atom is -0.393 e. The van der Waals surface area contributed by atoms with E-state index in [9.17, 15) is 15.0 Å². The van der Waals surface area contributed by atoms with E-state index < -0.39 is 11.5 Å². The van der Waals surface area contributed by atoms with Gasteiger partial charge in [-0.2, -0.15) is 0 Å². The fourth-order valence-electron chi connectivity index (χ4n) is 6.24. The molecule has 0 aromatic heterocycles. The Kier molecular flexibility index (Phi) is 3.28. The van der Waals surface area contributed by atoms with Crippen molar-refractivity contribution in [2.75, 3.05) is 6.61 Å². The SMILES string of the molecule is C[C@]12CC[C@H](O)C[C@H]1CC[C@@H]1[C@@H]2OC[C@]2(C)C(=O)[C@@H](O)C[C@@H]12. The van der Waals surface area contributed by atoms with Crippen LogP contribution in [0.15, 0.2) is 0 Å². The highest BCUT2D eigenvalue weighted by molar-refractivity contribution is 5.91. The maximum atomic E-state index is 12.4. The van der Waals surface area contributed by atoms with Crippen LogP contribution in [0.2, 0.25) is 0 Å². The van der Waals surface area contributed by atoms with E-state index in [1.807, 2.05) is 6.92 Å². The number of fused-ring (bicyclic) bond motifs is 5. The summed E-state index contributed by atoms with van der Waals surface area (Å²) in [6.07, 6.45) is 4.82. The summed E-state index contributed by atoms with van der Waals surface area (Å²) < 4.78 is 6.31. The van der Waals surface area contributed by atoms with Gasteiger partial charge in [0.15, 0.2) is 5.78 Å². The van der Waals surface area contributed by atoms with Gasteiger partial charge in [0.1, 0.15) is 6.10 Å². The largest absolute Gasteiger partial charge is 0.393 e. The molecular weight excluding hydrogens is 280 g/mol. The molecule has 4 fully saturated rings. The zero-order valence-electron chi connectivity index (χ0n) is 13.6. The molecule has 22 heavy (non-hydrogen) atoms. The Morgan fingerprint density at radius 1 is 1.14 bits per heavy atom. The van der Waals surface area contributed by atoms with Gasteiger partial charge in [0.05, 0.1) is 24.2 Å². The highest BCUT2D eigenvalue weighted by Crippen LogP contribution is 2.61. The van der Waals surface area contributed by atoms with Crippen molar-refractivity contribution in [1.82, 2.24) is 0 Å². The Morgan fingerprint density at radius 3 is 2.68 bits per heavy atom. The second kappa shape index (κ2) is 4.78. The molecule has 1 aliphatic heterocycles. The molecule has 0 amide bonds. The first-order valence-electron chi connectivity index (χ1n) is 8.88. The summed E-state index contributed by atoms with van der Waals surface area (Å²) >= 11 is 0. The van der Waals surface area contributed by atoms with E-state index in [-0.39, 0.29) is 29.3 Å². The van der Waals surface area contributed by atoms with Gasteiger partial charge in [0.2, 0.25) is 0 Å². The van der Waals surface area contributed by atoms with Crippen LogP contribution in [0.3, 0.4) is 0 Å². The van der Waals surface area contributed by atoms with Crippen molar-refractivity contribution >= 4 is 5.78 Å².